The van der Waals surface area contributed by atoms with E-state index in [1.165, 1.54) is 0 Å². The minimum absolute atomic E-state index is 0.918. The van der Waals surface area contributed by atoms with Crippen LogP contribution in [0.2, 0.25) is 0 Å². The van der Waals surface area contributed by atoms with E-state index in [0.29, 0.717) is 0 Å². The third-order valence-corrected chi connectivity index (χ3v) is 2.13. The molecule has 0 saturated carbocycles. The lowest BCUT2D eigenvalue weighted by Gasteiger charge is -1.96. The van der Waals surface area contributed by atoms with Crippen LogP contribution in [0, 0.1) is 6.92 Å². The van der Waals surface area contributed by atoms with Crippen molar-refractivity contribution in [3.05, 3.63) is 59.9 Å². The normalized spacial score (nSPS) is 10.7. The van der Waals surface area contributed by atoms with E-state index >= 15 is 0 Å². The molecule has 0 bridgehead atoms. The minimum Gasteiger partial charge on any atom is -0.259 e. The highest BCUT2D eigenvalue weighted by molar-refractivity contribution is 5.81. The molecule has 0 spiro atoms. The lowest BCUT2D eigenvalue weighted by atomic mass is 10.2. The molecule has 2 nitrogen and oxygen atoms in total. The van der Waals surface area contributed by atoms with Gasteiger partial charge in [0.05, 0.1) is 11.4 Å². The fourth-order valence-corrected chi connectivity index (χ4v) is 1.30. The number of nitrogens with zero attached hydrogens (tertiary/aromatic N) is 2. The predicted octanol–water partition coefficient (Wildman–Crippen LogP) is 3.14. The van der Waals surface area contributed by atoms with Crippen molar-refractivity contribution in [2.45, 2.75) is 6.92 Å². The summed E-state index contributed by atoms with van der Waals surface area (Å²) in [6.45, 7) is 1.96. The van der Waals surface area contributed by atoms with E-state index in [2.05, 4.69) is 9.98 Å². The van der Waals surface area contributed by atoms with Gasteiger partial charge in [0.2, 0.25) is 0 Å². The van der Waals surface area contributed by atoms with Gasteiger partial charge in [-0.3, -0.25) is 9.98 Å². The Kier molecular flexibility index (Phi) is 2.88. The van der Waals surface area contributed by atoms with Gasteiger partial charge in [0, 0.05) is 12.4 Å². The first-order chi connectivity index (χ1) is 7.36. The Morgan fingerprint density at radius 2 is 1.87 bits per heavy atom. The van der Waals surface area contributed by atoms with E-state index < -0.39 is 0 Å². The second kappa shape index (κ2) is 4.51. The van der Waals surface area contributed by atoms with E-state index in [1.807, 2.05) is 55.6 Å². The number of aliphatic imine (C=N–C) groups is 1. The highest BCUT2D eigenvalue weighted by Crippen LogP contribution is 2.14. The summed E-state index contributed by atoms with van der Waals surface area (Å²) >= 11 is 0. The zero-order valence-electron chi connectivity index (χ0n) is 8.59. The van der Waals surface area contributed by atoms with Gasteiger partial charge in [-0.25, -0.2) is 0 Å². The molecular weight excluding hydrogens is 184 g/mol. The van der Waals surface area contributed by atoms with Crippen molar-refractivity contribution in [3.8, 4) is 0 Å². The Hall–Kier alpha value is -1.96. The van der Waals surface area contributed by atoms with Crippen molar-refractivity contribution >= 4 is 11.9 Å². The average Bonchev–Trinajstić information content (AvgIpc) is 2.29. The molecule has 2 rings (SSSR count). The number of pyridine rings is 1. The number of rotatable bonds is 2. The highest BCUT2D eigenvalue weighted by atomic mass is 14.8. The molecule has 0 N–H and O–H groups in total. The fourth-order valence-electron chi connectivity index (χ4n) is 1.30. The van der Waals surface area contributed by atoms with Crippen LogP contribution in [0.3, 0.4) is 0 Å². The van der Waals surface area contributed by atoms with Gasteiger partial charge in [0.1, 0.15) is 0 Å². The molecule has 0 aliphatic carbocycles. The number of hydrogen-bond acceptors (Lipinski definition) is 2. The van der Waals surface area contributed by atoms with Gasteiger partial charge in [-0.15, -0.1) is 0 Å². The molecule has 74 valence electrons. The molecule has 2 aromatic rings. The summed E-state index contributed by atoms with van der Waals surface area (Å²) in [7, 11) is 0. The van der Waals surface area contributed by atoms with Gasteiger partial charge < -0.3 is 0 Å². The SMILES string of the molecule is Cc1ncccc1N=Cc1ccccc1. The molecule has 0 amide bonds. The maximum atomic E-state index is 4.39. The Balaban J connectivity index is 2.23. The quantitative estimate of drug-likeness (QED) is 0.677. The predicted molar refractivity (Wildman–Crippen MR) is 62.7 cm³/mol. The molecule has 0 fully saturated rings. The molecular formula is C13H12N2. The molecule has 0 aliphatic heterocycles. The molecule has 0 radical (unpaired) electrons. The van der Waals surface area contributed by atoms with Gasteiger partial charge in [-0.2, -0.15) is 0 Å². The summed E-state index contributed by atoms with van der Waals surface area (Å²) in [5.74, 6) is 0. The summed E-state index contributed by atoms with van der Waals surface area (Å²) in [5, 5.41) is 0. The largest absolute Gasteiger partial charge is 0.259 e. The van der Waals surface area contributed by atoms with Crippen LogP contribution in [0.5, 0.6) is 0 Å². The van der Waals surface area contributed by atoms with Crippen LogP contribution in [-0.2, 0) is 0 Å². The van der Waals surface area contributed by atoms with Crippen LogP contribution in [0.1, 0.15) is 11.3 Å². The maximum Gasteiger partial charge on any atom is 0.0842 e. The van der Waals surface area contributed by atoms with Crippen LogP contribution in [0.25, 0.3) is 0 Å². The third-order valence-electron chi connectivity index (χ3n) is 2.13. The van der Waals surface area contributed by atoms with Crippen molar-refractivity contribution in [1.29, 1.82) is 0 Å². The van der Waals surface area contributed by atoms with Crippen molar-refractivity contribution in [2.24, 2.45) is 4.99 Å². The maximum absolute atomic E-state index is 4.39. The van der Waals surface area contributed by atoms with E-state index in [1.54, 1.807) is 6.20 Å². The zero-order chi connectivity index (χ0) is 10.5. The first kappa shape index (κ1) is 9.59. The Morgan fingerprint density at radius 3 is 2.60 bits per heavy atom. The van der Waals surface area contributed by atoms with Crippen molar-refractivity contribution in [3.63, 3.8) is 0 Å². The van der Waals surface area contributed by atoms with Crippen molar-refractivity contribution in [2.75, 3.05) is 0 Å². The van der Waals surface area contributed by atoms with Gasteiger partial charge in [-0.1, -0.05) is 30.3 Å². The summed E-state index contributed by atoms with van der Waals surface area (Å²) in [4.78, 5) is 8.57. The number of hydrogen-bond donors (Lipinski definition) is 0. The molecule has 1 heterocycles. The first-order valence-electron chi connectivity index (χ1n) is 4.87. The standard InChI is InChI=1S/C13H12N2/c1-11-13(8-5-9-14-11)15-10-12-6-3-2-4-7-12/h2-10H,1H3. The molecule has 0 unspecified atom stereocenters. The Labute approximate surface area is 89.3 Å². The van der Waals surface area contributed by atoms with Gasteiger partial charge in [-0.05, 0) is 24.6 Å². The van der Waals surface area contributed by atoms with Crippen LogP contribution < -0.4 is 0 Å². The van der Waals surface area contributed by atoms with E-state index in [4.69, 9.17) is 0 Å². The van der Waals surface area contributed by atoms with Crippen LogP contribution in [0.4, 0.5) is 5.69 Å². The van der Waals surface area contributed by atoms with Gasteiger partial charge >= 0.3 is 0 Å². The van der Waals surface area contributed by atoms with Gasteiger partial charge in [0.15, 0.2) is 0 Å². The topological polar surface area (TPSA) is 25.2 Å². The first-order valence-corrected chi connectivity index (χ1v) is 4.87. The molecule has 15 heavy (non-hydrogen) atoms. The smallest absolute Gasteiger partial charge is 0.0842 e. The Morgan fingerprint density at radius 1 is 1.07 bits per heavy atom. The zero-order valence-corrected chi connectivity index (χ0v) is 8.59. The Bertz CT molecular complexity index is 461. The molecule has 2 heteroatoms. The summed E-state index contributed by atoms with van der Waals surface area (Å²) in [6, 6.07) is 13.9. The second-order valence-corrected chi connectivity index (χ2v) is 3.28. The van der Waals surface area contributed by atoms with Crippen LogP contribution >= 0.6 is 0 Å². The lowest BCUT2D eigenvalue weighted by molar-refractivity contribution is 1.19. The second-order valence-electron chi connectivity index (χ2n) is 3.28. The third kappa shape index (κ3) is 2.50. The highest BCUT2D eigenvalue weighted by Gasteiger charge is 1.93. The summed E-state index contributed by atoms with van der Waals surface area (Å²) in [6.07, 6.45) is 3.63. The summed E-state index contributed by atoms with van der Waals surface area (Å²) < 4.78 is 0. The molecule has 0 aliphatic rings. The van der Waals surface area contributed by atoms with Crippen molar-refractivity contribution < 1.29 is 0 Å². The molecule has 0 saturated heterocycles. The van der Waals surface area contributed by atoms with Gasteiger partial charge in [0.25, 0.3) is 0 Å². The van der Waals surface area contributed by atoms with Crippen molar-refractivity contribution in [1.82, 2.24) is 4.98 Å². The molecule has 0 atom stereocenters. The minimum atomic E-state index is 0.918. The number of benzene rings is 1. The fraction of sp³-hybridized carbons (Fsp3) is 0.0769. The van der Waals surface area contributed by atoms with E-state index in [0.717, 1.165) is 16.9 Å². The van der Waals surface area contributed by atoms with E-state index in [-0.39, 0.29) is 0 Å². The molecule has 1 aromatic carbocycles. The van der Waals surface area contributed by atoms with Crippen LogP contribution in [0.15, 0.2) is 53.7 Å². The lowest BCUT2D eigenvalue weighted by Crippen LogP contribution is -1.82. The number of aryl methyl sites for hydroxylation is 1. The average molecular weight is 196 g/mol. The van der Waals surface area contributed by atoms with Crippen LogP contribution in [-0.4, -0.2) is 11.2 Å². The number of aromatic nitrogens is 1. The summed E-state index contributed by atoms with van der Waals surface area (Å²) in [5.41, 5.74) is 2.96. The van der Waals surface area contributed by atoms with E-state index in [9.17, 15) is 0 Å². The molecule has 1 aromatic heterocycles. The monoisotopic (exact) mass is 196 g/mol.